The van der Waals surface area contributed by atoms with Crippen LogP contribution in [0, 0.1) is 0 Å². The lowest BCUT2D eigenvalue weighted by molar-refractivity contribution is -0.132. The van der Waals surface area contributed by atoms with Gasteiger partial charge in [0.05, 0.1) is 25.0 Å². The summed E-state index contributed by atoms with van der Waals surface area (Å²) in [7, 11) is 1.99. The van der Waals surface area contributed by atoms with Crippen molar-refractivity contribution in [1.82, 2.24) is 14.7 Å². The number of fused-ring (bicyclic) bond motifs is 1. The Morgan fingerprint density at radius 1 is 1.43 bits per heavy atom. The largest absolute Gasteiger partial charge is 0.467 e. The summed E-state index contributed by atoms with van der Waals surface area (Å²) in [4.78, 5) is 14.4. The third kappa shape index (κ3) is 3.61. The highest BCUT2D eigenvalue weighted by Gasteiger charge is 2.24. The first-order chi connectivity index (χ1) is 11.2. The molecular formula is C17H22ClN3O2. The lowest BCUT2D eigenvalue weighted by Crippen LogP contribution is -2.30. The molecule has 0 fully saturated rings. The highest BCUT2D eigenvalue weighted by molar-refractivity contribution is 6.17. The van der Waals surface area contributed by atoms with Crippen molar-refractivity contribution in [3.05, 3.63) is 41.1 Å². The highest BCUT2D eigenvalue weighted by Crippen LogP contribution is 2.26. The third-order valence-electron chi connectivity index (χ3n) is 4.34. The molecule has 2 heterocycles. The van der Waals surface area contributed by atoms with Gasteiger partial charge in [-0.15, -0.1) is 11.6 Å². The number of halogens is 1. The Morgan fingerprint density at radius 2 is 2.30 bits per heavy atom. The molecule has 0 bridgehead atoms. The Morgan fingerprint density at radius 3 is 3.04 bits per heavy atom. The first-order valence-corrected chi connectivity index (χ1v) is 8.62. The minimum Gasteiger partial charge on any atom is -0.467 e. The van der Waals surface area contributed by atoms with Crippen LogP contribution in [0.1, 0.15) is 42.0 Å². The topological polar surface area (TPSA) is 51.3 Å². The smallest absolute Gasteiger partial charge is 0.223 e. The number of nitrogens with zero attached hydrogens (tertiary/aromatic N) is 3. The van der Waals surface area contributed by atoms with Crippen LogP contribution in [0.4, 0.5) is 0 Å². The van der Waals surface area contributed by atoms with E-state index < -0.39 is 0 Å². The van der Waals surface area contributed by atoms with Crippen LogP contribution in [0.25, 0.3) is 0 Å². The van der Waals surface area contributed by atoms with Gasteiger partial charge in [0, 0.05) is 25.0 Å². The number of hydrogen-bond acceptors (Lipinski definition) is 3. The van der Waals surface area contributed by atoms with E-state index in [1.165, 1.54) is 17.7 Å². The summed E-state index contributed by atoms with van der Waals surface area (Å²) in [6.45, 7) is 1.00. The first-order valence-electron chi connectivity index (χ1n) is 8.08. The number of aromatic nitrogens is 2. The van der Waals surface area contributed by atoms with Gasteiger partial charge in [-0.05, 0) is 43.4 Å². The molecule has 124 valence electrons. The SMILES string of the molecule is Cn1nc(CN(Cc2ccco2)C(=O)CCCCl)c2c1CCC2. The van der Waals surface area contributed by atoms with Crippen LogP contribution in [-0.4, -0.2) is 26.5 Å². The van der Waals surface area contributed by atoms with Gasteiger partial charge in [-0.1, -0.05) is 0 Å². The summed E-state index contributed by atoms with van der Waals surface area (Å²) >= 11 is 5.73. The van der Waals surface area contributed by atoms with Crippen molar-refractivity contribution in [2.45, 2.75) is 45.2 Å². The van der Waals surface area contributed by atoms with Gasteiger partial charge < -0.3 is 9.32 Å². The molecule has 1 aliphatic carbocycles. The van der Waals surface area contributed by atoms with E-state index in [1.54, 1.807) is 6.26 Å². The van der Waals surface area contributed by atoms with E-state index in [-0.39, 0.29) is 5.91 Å². The van der Waals surface area contributed by atoms with E-state index in [1.807, 2.05) is 28.8 Å². The average molecular weight is 336 g/mol. The molecule has 0 aromatic carbocycles. The molecule has 0 atom stereocenters. The number of carbonyl (C=O) groups excluding carboxylic acids is 1. The normalized spacial score (nSPS) is 13.3. The number of hydrogen-bond donors (Lipinski definition) is 0. The van der Waals surface area contributed by atoms with Crippen LogP contribution < -0.4 is 0 Å². The minimum absolute atomic E-state index is 0.0967. The number of aryl methyl sites for hydroxylation is 1. The Hall–Kier alpha value is -1.75. The van der Waals surface area contributed by atoms with Crippen LogP contribution in [0.2, 0.25) is 0 Å². The van der Waals surface area contributed by atoms with Crippen LogP contribution in [0.3, 0.4) is 0 Å². The molecule has 23 heavy (non-hydrogen) atoms. The van der Waals surface area contributed by atoms with Crippen molar-refractivity contribution in [3.63, 3.8) is 0 Å². The maximum absolute atomic E-state index is 12.5. The van der Waals surface area contributed by atoms with E-state index in [0.29, 0.717) is 31.8 Å². The quantitative estimate of drug-likeness (QED) is 0.731. The van der Waals surface area contributed by atoms with Gasteiger partial charge in [-0.25, -0.2) is 0 Å². The third-order valence-corrected chi connectivity index (χ3v) is 4.61. The molecule has 3 rings (SSSR count). The molecule has 0 spiro atoms. The zero-order valence-electron chi connectivity index (χ0n) is 13.4. The van der Waals surface area contributed by atoms with Crippen molar-refractivity contribution in [1.29, 1.82) is 0 Å². The fourth-order valence-electron chi connectivity index (χ4n) is 3.20. The van der Waals surface area contributed by atoms with Gasteiger partial charge >= 0.3 is 0 Å². The molecule has 1 amide bonds. The summed E-state index contributed by atoms with van der Waals surface area (Å²) in [6, 6.07) is 3.74. The molecule has 0 unspecified atom stereocenters. The van der Waals surface area contributed by atoms with Gasteiger partial charge in [-0.2, -0.15) is 5.10 Å². The minimum atomic E-state index is 0.0967. The number of furan rings is 1. The molecule has 2 aromatic rings. The Labute approximate surface area is 141 Å². The summed E-state index contributed by atoms with van der Waals surface area (Å²) < 4.78 is 7.37. The maximum Gasteiger partial charge on any atom is 0.223 e. The number of rotatable bonds is 7. The molecule has 6 heteroatoms. The molecule has 0 radical (unpaired) electrons. The summed E-state index contributed by atoms with van der Waals surface area (Å²) in [5, 5.41) is 4.63. The molecular weight excluding hydrogens is 314 g/mol. The lowest BCUT2D eigenvalue weighted by Gasteiger charge is -2.21. The van der Waals surface area contributed by atoms with E-state index in [2.05, 4.69) is 5.10 Å². The summed E-state index contributed by atoms with van der Waals surface area (Å²) in [5.74, 6) is 1.38. The van der Waals surface area contributed by atoms with Gasteiger partial charge in [0.15, 0.2) is 0 Å². The van der Waals surface area contributed by atoms with Crippen LogP contribution >= 0.6 is 11.6 Å². The molecule has 2 aromatic heterocycles. The zero-order valence-corrected chi connectivity index (χ0v) is 14.2. The lowest BCUT2D eigenvalue weighted by atomic mass is 10.2. The van der Waals surface area contributed by atoms with Crippen molar-refractivity contribution >= 4 is 17.5 Å². The standard InChI is InChI=1S/C17H22ClN3O2/c1-20-16-7-2-6-14(16)15(19-20)12-21(17(22)8-3-9-18)11-13-5-4-10-23-13/h4-5,10H,2-3,6-9,11-12H2,1H3. The Bertz CT molecular complexity index is 664. The zero-order chi connectivity index (χ0) is 16.2. The molecule has 0 N–H and O–H groups in total. The first kappa shape index (κ1) is 16.1. The summed E-state index contributed by atoms with van der Waals surface area (Å²) in [6.07, 6.45) is 6.09. The van der Waals surface area contributed by atoms with Crippen LogP contribution in [0.15, 0.2) is 22.8 Å². The average Bonchev–Trinajstić information content (AvgIpc) is 3.25. The highest BCUT2D eigenvalue weighted by atomic mass is 35.5. The van der Waals surface area contributed by atoms with Gasteiger partial charge in [0.2, 0.25) is 5.91 Å². The van der Waals surface area contributed by atoms with Gasteiger partial charge in [-0.3, -0.25) is 9.48 Å². The molecule has 1 aliphatic rings. The predicted octanol–water partition coefficient (Wildman–Crippen LogP) is 3.05. The van der Waals surface area contributed by atoms with Crippen molar-refractivity contribution in [2.75, 3.05) is 5.88 Å². The predicted molar refractivity (Wildman–Crippen MR) is 88.1 cm³/mol. The molecule has 0 saturated carbocycles. The maximum atomic E-state index is 12.5. The van der Waals surface area contributed by atoms with Gasteiger partial charge in [0.25, 0.3) is 0 Å². The van der Waals surface area contributed by atoms with Crippen LogP contribution in [0.5, 0.6) is 0 Å². The fourth-order valence-corrected chi connectivity index (χ4v) is 3.34. The Balaban J connectivity index is 1.77. The van der Waals surface area contributed by atoms with E-state index >= 15 is 0 Å². The van der Waals surface area contributed by atoms with Crippen molar-refractivity contribution < 1.29 is 9.21 Å². The second-order valence-electron chi connectivity index (χ2n) is 5.97. The van der Waals surface area contributed by atoms with E-state index in [9.17, 15) is 4.79 Å². The second-order valence-corrected chi connectivity index (χ2v) is 6.35. The number of alkyl halides is 1. The number of amides is 1. The summed E-state index contributed by atoms with van der Waals surface area (Å²) in [5.41, 5.74) is 3.65. The van der Waals surface area contributed by atoms with Gasteiger partial charge in [0.1, 0.15) is 5.76 Å². The second kappa shape index (κ2) is 7.21. The molecule has 0 saturated heterocycles. The van der Waals surface area contributed by atoms with E-state index in [0.717, 1.165) is 24.3 Å². The molecule has 5 nitrogen and oxygen atoms in total. The number of carbonyl (C=O) groups is 1. The van der Waals surface area contributed by atoms with Crippen molar-refractivity contribution in [2.24, 2.45) is 7.05 Å². The molecule has 0 aliphatic heterocycles. The fraction of sp³-hybridized carbons (Fsp3) is 0.529. The van der Waals surface area contributed by atoms with Crippen molar-refractivity contribution in [3.8, 4) is 0 Å². The van der Waals surface area contributed by atoms with Crippen LogP contribution in [-0.2, 0) is 37.8 Å². The van der Waals surface area contributed by atoms with E-state index in [4.69, 9.17) is 16.0 Å². The monoisotopic (exact) mass is 335 g/mol. The Kier molecular flexibility index (Phi) is 5.06.